The van der Waals surface area contributed by atoms with Crippen LogP contribution in [0.25, 0.3) is 17.1 Å². The molecule has 4 rings (SSSR count). The maximum absolute atomic E-state index is 12.9. The lowest BCUT2D eigenvalue weighted by Gasteiger charge is -2.08. The van der Waals surface area contributed by atoms with E-state index in [2.05, 4.69) is 15.4 Å². The van der Waals surface area contributed by atoms with Gasteiger partial charge in [0.25, 0.3) is 5.91 Å². The van der Waals surface area contributed by atoms with Gasteiger partial charge in [-0.25, -0.2) is 9.67 Å². The van der Waals surface area contributed by atoms with Gasteiger partial charge in [0.15, 0.2) is 5.82 Å². The van der Waals surface area contributed by atoms with Gasteiger partial charge in [0, 0.05) is 11.3 Å². The predicted molar refractivity (Wildman–Crippen MR) is 122 cm³/mol. The third-order valence-electron chi connectivity index (χ3n) is 4.91. The lowest BCUT2D eigenvalue weighted by Crippen LogP contribution is -2.15. The number of ether oxygens (including phenoxy) is 1. The molecule has 0 radical (unpaired) electrons. The molecule has 1 aromatic heterocycles. The van der Waals surface area contributed by atoms with E-state index in [0.717, 1.165) is 33.8 Å². The van der Waals surface area contributed by atoms with Crippen molar-refractivity contribution in [2.45, 2.75) is 20.8 Å². The van der Waals surface area contributed by atoms with Crippen molar-refractivity contribution < 1.29 is 9.53 Å². The monoisotopic (exact) mass is 412 g/mol. The molecule has 4 aromatic rings. The van der Waals surface area contributed by atoms with Crippen LogP contribution < -0.4 is 10.1 Å². The number of hydrogen-bond acceptors (Lipinski definition) is 4. The number of aromatic nitrogens is 3. The summed E-state index contributed by atoms with van der Waals surface area (Å²) in [6.07, 6.45) is 0. The summed E-state index contributed by atoms with van der Waals surface area (Å²) in [6, 6.07) is 23.2. The molecule has 0 bridgehead atoms. The molecule has 0 aliphatic carbocycles. The maximum atomic E-state index is 12.9. The van der Waals surface area contributed by atoms with Crippen LogP contribution in [-0.4, -0.2) is 27.3 Å². The molecule has 31 heavy (non-hydrogen) atoms. The number of para-hydroxylation sites is 1. The van der Waals surface area contributed by atoms with Crippen molar-refractivity contribution in [3.8, 4) is 22.8 Å². The smallest absolute Gasteiger partial charge is 0.295 e. The van der Waals surface area contributed by atoms with Gasteiger partial charge in [0.2, 0.25) is 5.82 Å². The summed E-state index contributed by atoms with van der Waals surface area (Å²) in [6.45, 7) is 6.52. The molecule has 1 N–H and O–H groups in total. The second-order valence-electron chi connectivity index (χ2n) is 7.23. The zero-order valence-electron chi connectivity index (χ0n) is 17.8. The predicted octanol–water partition coefficient (Wildman–Crippen LogP) is 5.20. The number of anilines is 1. The van der Waals surface area contributed by atoms with Crippen molar-refractivity contribution in [1.82, 2.24) is 14.8 Å². The number of hydrogen-bond donors (Lipinski definition) is 1. The Kier molecular flexibility index (Phi) is 5.80. The van der Waals surface area contributed by atoms with Crippen LogP contribution in [0.2, 0.25) is 0 Å². The Balaban J connectivity index is 1.73. The summed E-state index contributed by atoms with van der Waals surface area (Å²) in [5.74, 6) is 1.12. The molecule has 1 heterocycles. The van der Waals surface area contributed by atoms with Crippen LogP contribution in [0.1, 0.15) is 28.7 Å². The van der Waals surface area contributed by atoms with E-state index in [1.165, 1.54) is 0 Å². The van der Waals surface area contributed by atoms with Gasteiger partial charge in [-0.3, -0.25) is 4.79 Å². The third-order valence-corrected chi connectivity index (χ3v) is 4.91. The number of benzene rings is 3. The summed E-state index contributed by atoms with van der Waals surface area (Å²) >= 11 is 0. The summed E-state index contributed by atoms with van der Waals surface area (Å²) in [4.78, 5) is 17.5. The van der Waals surface area contributed by atoms with Gasteiger partial charge in [-0.05, 0) is 56.7 Å². The second-order valence-corrected chi connectivity index (χ2v) is 7.23. The Hall–Kier alpha value is -3.93. The molecule has 0 aliphatic rings. The fourth-order valence-electron chi connectivity index (χ4n) is 3.22. The SMILES string of the molecule is CCOc1ccc(-n2nc(C(=O)Nc3ccccc3C)nc2-c2ccc(C)cc2)cc1. The third kappa shape index (κ3) is 4.48. The first-order chi connectivity index (χ1) is 15.0. The molecule has 6 nitrogen and oxygen atoms in total. The summed E-state index contributed by atoms with van der Waals surface area (Å²) in [5, 5.41) is 7.44. The Morgan fingerprint density at radius 2 is 1.68 bits per heavy atom. The Labute approximate surface area is 181 Å². The minimum absolute atomic E-state index is 0.104. The molecule has 1 amide bonds. The number of rotatable bonds is 6. The van der Waals surface area contributed by atoms with Gasteiger partial charge < -0.3 is 10.1 Å². The zero-order chi connectivity index (χ0) is 21.8. The van der Waals surface area contributed by atoms with E-state index in [1.807, 2.05) is 93.6 Å². The number of amides is 1. The van der Waals surface area contributed by atoms with Crippen molar-refractivity contribution in [3.63, 3.8) is 0 Å². The summed E-state index contributed by atoms with van der Waals surface area (Å²) in [7, 11) is 0. The molecule has 6 heteroatoms. The van der Waals surface area contributed by atoms with Crippen LogP contribution in [-0.2, 0) is 0 Å². The number of aryl methyl sites for hydroxylation is 2. The minimum Gasteiger partial charge on any atom is -0.494 e. The first-order valence-corrected chi connectivity index (χ1v) is 10.2. The molecular formula is C25H24N4O2. The number of carbonyl (C=O) groups excluding carboxylic acids is 1. The van der Waals surface area contributed by atoms with E-state index in [1.54, 1.807) is 4.68 Å². The van der Waals surface area contributed by atoms with Crippen LogP contribution in [0.15, 0.2) is 72.8 Å². The highest BCUT2D eigenvalue weighted by atomic mass is 16.5. The molecule has 0 aliphatic heterocycles. The standard InChI is InChI=1S/C25H24N4O2/c1-4-31-21-15-13-20(14-16-21)29-24(19-11-9-17(2)10-12-19)27-23(28-29)25(30)26-22-8-6-5-7-18(22)3/h5-16H,4H2,1-3H3,(H,26,30). The maximum Gasteiger partial charge on any atom is 0.295 e. The van der Waals surface area contributed by atoms with Crippen molar-refractivity contribution in [1.29, 1.82) is 0 Å². The first kappa shape index (κ1) is 20.3. The van der Waals surface area contributed by atoms with E-state index in [9.17, 15) is 4.79 Å². The number of nitrogens with one attached hydrogen (secondary N) is 1. The molecule has 0 saturated carbocycles. The molecule has 3 aromatic carbocycles. The zero-order valence-corrected chi connectivity index (χ0v) is 17.8. The molecule has 0 spiro atoms. The van der Waals surface area contributed by atoms with E-state index in [-0.39, 0.29) is 11.7 Å². The minimum atomic E-state index is -0.354. The molecule has 0 unspecified atom stereocenters. The summed E-state index contributed by atoms with van der Waals surface area (Å²) < 4.78 is 7.22. The number of carbonyl (C=O) groups is 1. The average molecular weight is 412 g/mol. The lowest BCUT2D eigenvalue weighted by molar-refractivity contribution is 0.101. The van der Waals surface area contributed by atoms with Crippen LogP contribution in [0.4, 0.5) is 5.69 Å². The largest absolute Gasteiger partial charge is 0.494 e. The van der Waals surface area contributed by atoms with Gasteiger partial charge >= 0.3 is 0 Å². The van der Waals surface area contributed by atoms with Crippen molar-refractivity contribution in [3.05, 3.63) is 89.7 Å². The van der Waals surface area contributed by atoms with Crippen LogP contribution in [0.5, 0.6) is 5.75 Å². The van der Waals surface area contributed by atoms with Gasteiger partial charge in [0.1, 0.15) is 5.75 Å². The van der Waals surface area contributed by atoms with E-state index in [0.29, 0.717) is 12.4 Å². The van der Waals surface area contributed by atoms with Crippen molar-refractivity contribution in [2.24, 2.45) is 0 Å². The second kappa shape index (κ2) is 8.83. The highest BCUT2D eigenvalue weighted by molar-refractivity contribution is 6.02. The van der Waals surface area contributed by atoms with Gasteiger partial charge in [0.05, 0.1) is 12.3 Å². The molecule has 0 saturated heterocycles. The van der Waals surface area contributed by atoms with Crippen LogP contribution >= 0.6 is 0 Å². The highest BCUT2D eigenvalue weighted by Gasteiger charge is 2.19. The quantitative estimate of drug-likeness (QED) is 0.472. The Morgan fingerprint density at radius 1 is 0.968 bits per heavy atom. The molecule has 156 valence electrons. The van der Waals surface area contributed by atoms with Crippen LogP contribution in [0, 0.1) is 13.8 Å². The van der Waals surface area contributed by atoms with Gasteiger partial charge in [-0.15, -0.1) is 5.10 Å². The molecule has 0 atom stereocenters. The lowest BCUT2D eigenvalue weighted by atomic mass is 10.1. The summed E-state index contributed by atoms with van der Waals surface area (Å²) in [5.41, 5.74) is 4.53. The normalized spacial score (nSPS) is 10.7. The van der Waals surface area contributed by atoms with Crippen molar-refractivity contribution in [2.75, 3.05) is 11.9 Å². The van der Waals surface area contributed by atoms with E-state index >= 15 is 0 Å². The van der Waals surface area contributed by atoms with E-state index < -0.39 is 0 Å². The average Bonchev–Trinajstić information content (AvgIpc) is 3.22. The highest BCUT2D eigenvalue weighted by Crippen LogP contribution is 2.24. The van der Waals surface area contributed by atoms with Crippen LogP contribution in [0.3, 0.4) is 0 Å². The fourth-order valence-corrected chi connectivity index (χ4v) is 3.22. The topological polar surface area (TPSA) is 69.0 Å². The van der Waals surface area contributed by atoms with Gasteiger partial charge in [-0.1, -0.05) is 48.0 Å². The first-order valence-electron chi connectivity index (χ1n) is 10.2. The van der Waals surface area contributed by atoms with E-state index in [4.69, 9.17) is 4.74 Å². The number of nitrogens with zero attached hydrogens (tertiary/aromatic N) is 3. The fraction of sp³-hybridized carbons (Fsp3) is 0.160. The van der Waals surface area contributed by atoms with Gasteiger partial charge in [-0.2, -0.15) is 0 Å². The Morgan fingerprint density at radius 3 is 2.35 bits per heavy atom. The molecule has 0 fully saturated rings. The molecular weight excluding hydrogens is 388 g/mol. The van der Waals surface area contributed by atoms with Crippen molar-refractivity contribution >= 4 is 11.6 Å². The Bertz CT molecular complexity index is 1200.